The van der Waals surface area contributed by atoms with Gasteiger partial charge in [-0.2, -0.15) is 0 Å². The van der Waals surface area contributed by atoms with E-state index in [0.29, 0.717) is 0 Å². The average Bonchev–Trinajstić information content (AvgIpc) is 2.85. The molecule has 1 aliphatic rings. The van der Waals surface area contributed by atoms with Gasteiger partial charge in [0.25, 0.3) is 0 Å². The Morgan fingerprint density at radius 1 is 1.41 bits per heavy atom. The highest BCUT2D eigenvalue weighted by Crippen LogP contribution is 2.15. The van der Waals surface area contributed by atoms with E-state index in [-0.39, 0.29) is 0 Å². The Labute approximate surface area is 104 Å². The molecule has 2 rings (SSSR count). The molecule has 1 saturated heterocycles. The highest BCUT2D eigenvalue weighted by atomic mass is 15.1. The van der Waals surface area contributed by atoms with E-state index in [0.717, 1.165) is 32.1 Å². The van der Waals surface area contributed by atoms with Crippen molar-refractivity contribution >= 4 is 0 Å². The van der Waals surface area contributed by atoms with Gasteiger partial charge >= 0.3 is 0 Å². The van der Waals surface area contributed by atoms with Crippen LogP contribution in [0.5, 0.6) is 0 Å². The lowest BCUT2D eigenvalue weighted by Crippen LogP contribution is -2.39. The maximum Gasteiger partial charge on any atom is 0.0220 e. The summed E-state index contributed by atoms with van der Waals surface area (Å²) < 4.78 is 0. The van der Waals surface area contributed by atoms with Gasteiger partial charge in [0.1, 0.15) is 0 Å². The van der Waals surface area contributed by atoms with Gasteiger partial charge in [0, 0.05) is 32.0 Å². The molecule has 0 aromatic carbocycles. The highest BCUT2D eigenvalue weighted by molar-refractivity contribution is 5.07. The SMILES string of the molecule is NCCN1CCC(CNCc2cc[nH]c2)CC1. The first-order valence-electron chi connectivity index (χ1n) is 6.63. The van der Waals surface area contributed by atoms with Crippen LogP contribution in [0.3, 0.4) is 0 Å². The molecule has 0 saturated carbocycles. The fourth-order valence-corrected chi connectivity index (χ4v) is 2.49. The third-order valence-electron chi connectivity index (χ3n) is 3.58. The first kappa shape index (κ1) is 12.6. The van der Waals surface area contributed by atoms with Crippen molar-refractivity contribution in [1.82, 2.24) is 15.2 Å². The topological polar surface area (TPSA) is 57.1 Å². The number of piperidine rings is 1. The number of hydrogen-bond acceptors (Lipinski definition) is 3. The summed E-state index contributed by atoms with van der Waals surface area (Å²) in [5.74, 6) is 0.836. The van der Waals surface area contributed by atoms with Crippen LogP contribution in [0.4, 0.5) is 0 Å². The molecule has 1 aliphatic heterocycles. The van der Waals surface area contributed by atoms with Crippen LogP contribution in [-0.4, -0.2) is 42.6 Å². The summed E-state index contributed by atoms with van der Waals surface area (Å²) in [6, 6.07) is 2.12. The Morgan fingerprint density at radius 2 is 2.24 bits per heavy atom. The molecule has 96 valence electrons. The van der Waals surface area contributed by atoms with E-state index in [1.807, 2.05) is 6.20 Å². The van der Waals surface area contributed by atoms with Crippen LogP contribution in [0.2, 0.25) is 0 Å². The second-order valence-corrected chi connectivity index (χ2v) is 4.92. The molecule has 4 N–H and O–H groups in total. The van der Waals surface area contributed by atoms with Crippen molar-refractivity contribution in [2.75, 3.05) is 32.7 Å². The van der Waals surface area contributed by atoms with E-state index in [1.165, 1.54) is 31.5 Å². The van der Waals surface area contributed by atoms with Crippen LogP contribution in [0.25, 0.3) is 0 Å². The quantitative estimate of drug-likeness (QED) is 0.684. The average molecular weight is 236 g/mol. The van der Waals surface area contributed by atoms with Crippen LogP contribution in [0.1, 0.15) is 18.4 Å². The summed E-state index contributed by atoms with van der Waals surface area (Å²) in [4.78, 5) is 5.55. The first-order valence-corrected chi connectivity index (χ1v) is 6.63. The largest absolute Gasteiger partial charge is 0.367 e. The van der Waals surface area contributed by atoms with Crippen LogP contribution in [0.15, 0.2) is 18.5 Å². The lowest BCUT2D eigenvalue weighted by molar-refractivity contribution is 0.186. The number of rotatable bonds is 6. The molecular formula is C13H24N4. The van der Waals surface area contributed by atoms with E-state index in [1.54, 1.807) is 0 Å². The lowest BCUT2D eigenvalue weighted by atomic mass is 9.97. The molecule has 0 spiro atoms. The van der Waals surface area contributed by atoms with Crippen LogP contribution >= 0.6 is 0 Å². The van der Waals surface area contributed by atoms with Crippen LogP contribution in [-0.2, 0) is 6.54 Å². The van der Waals surface area contributed by atoms with Gasteiger partial charge in [-0.15, -0.1) is 0 Å². The van der Waals surface area contributed by atoms with Gasteiger partial charge in [0.2, 0.25) is 0 Å². The van der Waals surface area contributed by atoms with Crippen molar-refractivity contribution in [3.05, 3.63) is 24.0 Å². The first-order chi connectivity index (χ1) is 8.38. The molecular weight excluding hydrogens is 212 g/mol. The normalized spacial score (nSPS) is 18.6. The zero-order valence-electron chi connectivity index (χ0n) is 10.5. The molecule has 0 radical (unpaired) electrons. The molecule has 0 unspecified atom stereocenters. The van der Waals surface area contributed by atoms with Crippen molar-refractivity contribution in [2.24, 2.45) is 11.7 Å². The molecule has 1 aromatic rings. The second-order valence-electron chi connectivity index (χ2n) is 4.92. The third kappa shape index (κ3) is 4.15. The molecule has 0 bridgehead atoms. The van der Waals surface area contributed by atoms with E-state index in [9.17, 15) is 0 Å². The van der Waals surface area contributed by atoms with Crippen molar-refractivity contribution in [2.45, 2.75) is 19.4 Å². The minimum absolute atomic E-state index is 0.788. The van der Waals surface area contributed by atoms with Gasteiger partial charge in [-0.3, -0.25) is 0 Å². The number of aromatic amines is 1. The van der Waals surface area contributed by atoms with E-state index in [2.05, 4.69) is 27.5 Å². The molecule has 4 heteroatoms. The molecule has 0 amide bonds. The summed E-state index contributed by atoms with van der Waals surface area (Å²) in [5, 5.41) is 3.54. The summed E-state index contributed by atoms with van der Waals surface area (Å²) in [7, 11) is 0. The molecule has 0 aliphatic carbocycles. The molecule has 1 fully saturated rings. The number of nitrogens with two attached hydrogens (primary N) is 1. The molecule has 17 heavy (non-hydrogen) atoms. The zero-order valence-corrected chi connectivity index (χ0v) is 10.5. The maximum atomic E-state index is 5.57. The lowest BCUT2D eigenvalue weighted by Gasteiger charge is -2.31. The van der Waals surface area contributed by atoms with Crippen molar-refractivity contribution in [1.29, 1.82) is 0 Å². The number of likely N-dealkylation sites (tertiary alicyclic amines) is 1. The Bertz CT molecular complexity index is 288. The molecule has 4 nitrogen and oxygen atoms in total. The van der Waals surface area contributed by atoms with Gasteiger partial charge < -0.3 is 20.9 Å². The summed E-state index contributed by atoms with van der Waals surface area (Å²) >= 11 is 0. The number of nitrogens with zero attached hydrogens (tertiary/aromatic N) is 1. The fourth-order valence-electron chi connectivity index (χ4n) is 2.49. The minimum Gasteiger partial charge on any atom is -0.367 e. The number of hydrogen-bond donors (Lipinski definition) is 3. The zero-order chi connectivity index (χ0) is 11.9. The summed E-state index contributed by atoms with van der Waals surface area (Å²) in [6.45, 7) is 6.40. The van der Waals surface area contributed by atoms with Gasteiger partial charge in [-0.1, -0.05) is 0 Å². The standard InChI is InChI=1S/C13H24N4/c14-4-8-17-6-2-12(3-7-17)9-16-11-13-1-5-15-10-13/h1,5,10,12,15-16H,2-4,6-9,11,14H2. The number of nitrogens with one attached hydrogen (secondary N) is 2. The van der Waals surface area contributed by atoms with Crippen molar-refractivity contribution < 1.29 is 0 Å². The maximum absolute atomic E-state index is 5.57. The van der Waals surface area contributed by atoms with Gasteiger partial charge in [0.15, 0.2) is 0 Å². The second kappa shape index (κ2) is 6.79. The Hall–Kier alpha value is -0.840. The van der Waals surface area contributed by atoms with Gasteiger partial charge in [0.05, 0.1) is 0 Å². The van der Waals surface area contributed by atoms with Gasteiger partial charge in [-0.05, 0) is 50.0 Å². The highest BCUT2D eigenvalue weighted by Gasteiger charge is 2.17. The van der Waals surface area contributed by atoms with Crippen molar-refractivity contribution in [3.8, 4) is 0 Å². The van der Waals surface area contributed by atoms with E-state index >= 15 is 0 Å². The molecule has 0 atom stereocenters. The van der Waals surface area contributed by atoms with E-state index < -0.39 is 0 Å². The van der Waals surface area contributed by atoms with Crippen molar-refractivity contribution in [3.63, 3.8) is 0 Å². The summed E-state index contributed by atoms with van der Waals surface area (Å²) in [6.07, 6.45) is 6.64. The smallest absolute Gasteiger partial charge is 0.0220 e. The van der Waals surface area contributed by atoms with Gasteiger partial charge in [-0.25, -0.2) is 0 Å². The fraction of sp³-hybridized carbons (Fsp3) is 0.692. The van der Waals surface area contributed by atoms with E-state index in [4.69, 9.17) is 5.73 Å². The Kier molecular flexibility index (Phi) is 5.04. The predicted octanol–water partition coefficient (Wildman–Crippen LogP) is 0.775. The third-order valence-corrected chi connectivity index (χ3v) is 3.58. The van der Waals surface area contributed by atoms with Crippen LogP contribution in [0, 0.1) is 5.92 Å². The molecule has 2 heterocycles. The number of H-pyrrole nitrogens is 1. The monoisotopic (exact) mass is 236 g/mol. The summed E-state index contributed by atoms with van der Waals surface area (Å²) in [5.41, 5.74) is 6.91. The molecule has 1 aromatic heterocycles. The Morgan fingerprint density at radius 3 is 2.88 bits per heavy atom. The predicted molar refractivity (Wildman–Crippen MR) is 70.7 cm³/mol. The number of aromatic nitrogens is 1. The minimum atomic E-state index is 0.788. The van der Waals surface area contributed by atoms with Crippen LogP contribution < -0.4 is 11.1 Å². The Balaban J connectivity index is 1.58.